The van der Waals surface area contributed by atoms with E-state index in [0.29, 0.717) is 28.0 Å². The Kier molecular flexibility index (Phi) is 3.00. The normalized spacial score (nSPS) is 11.8. The van der Waals surface area contributed by atoms with E-state index in [4.69, 9.17) is 0 Å². The Labute approximate surface area is 117 Å². The van der Waals surface area contributed by atoms with E-state index in [-0.39, 0.29) is 0 Å². The summed E-state index contributed by atoms with van der Waals surface area (Å²) < 4.78 is 38.9. The molecule has 3 rings (SSSR count). The summed E-state index contributed by atoms with van der Waals surface area (Å²) in [6.07, 6.45) is -0.00184. The number of aromatic nitrogens is 4. The Bertz CT molecular complexity index is 777. The summed E-state index contributed by atoms with van der Waals surface area (Å²) in [5.74, 6) is 0.397. The second-order valence-electron chi connectivity index (χ2n) is 4.40. The standard InChI is InChI=1S/C13H10F3N5/c1-17-12-18-4-7(5-19-12)9-2-8(13(14,15)16)3-11-10(9)6-20-21-11/h2-6H,1H3,(H,20,21)(H,17,18,19). The van der Waals surface area contributed by atoms with Crippen LogP contribution in [0.1, 0.15) is 5.56 Å². The lowest BCUT2D eigenvalue weighted by Gasteiger charge is -2.10. The van der Waals surface area contributed by atoms with E-state index in [0.717, 1.165) is 12.1 Å². The Morgan fingerprint density at radius 1 is 1.10 bits per heavy atom. The third-order valence-electron chi connectivity index (χ3n) is 3.07. The van der Waals surface area contributed by atoms with Crippen LogP contribution >= 0.6 is 0 Å². The lowest BCUT2D eigenvalue weighted by Crippen LogP contribution is -2.05. The van der Waals surface area contributed by atoms with E-state index < -0.39 is 11.7 Å². The van der Waals surface area contributed by atoms with E-state index in [1.54, 1.807) is 7.05 Å². The zero-order valence-corrected chi connectivity index (χ0v) is 10.9. The Morgan fingerprint density at radius 3 is 2.43 bits per heavy atom. The van der Waals surface area contributed by atoms with Gasteiger partial charge in [-0.2, -0.15) is 18.3 Å². The van der Waals surface area contributed by atoms with Gasteiger partial charge in [0.15, 0.2) is 0 Å². The highest BCUT2D eigenvalue weighted by molar-refractivity contribution is 5.94. The van der Waals surface area contributed by atoms with Crippen molar-refractivity contribution in [2.45, 2.75) is 6.18 Å². The first-order valence-electron chi connectivity index (χ1n) is 6.03. The number of halogens is 3. The molecule has 0 saturated heterocycles. The molecular weight excluding hydrogens is 283 g/mol. The number of aromatic amines is 1. The number of hydrogen-bond acceptors (Lipinski definition) is 4. The van der Waals surface area contributed by atoms with Gasteiger partial charge in [0.25, 0.3) is 0 Å². The lowest BCUT2D eigenvalue weighted by atomic mass is 10.0. The first-order valence-corrected chi connectivity index (χ1v) is 6.03. The van der Waals surface area contributed by atoms with Gasteiger partial charge in [0.1, 0.15) is 0 Å². The highest BCUT2D eigenvalue weighted by Crippen LogP contribution is 2.36. The number of H-pyrrole nitrogens is 1. The number of nitrogens with one attached hydrogen (secondary N) is 2. The highest BCUT2D eigenvalue weighted by Gasteiger charge is 2.31. The minimum absolute atomic E-state index is 0.317. The summed E-state index contributed by atoms with van der Waals surface area (Å²) in [7, 11) is 1.66. The van der Waals surface area contributed by atoms with E-state index in [1.165, 1.54) is 18.6 Å². The van der Waals surface area contributed by atoms with E-state index >= 15 is 0 Å². The summed E-state index contributed by atoms with van der Waals surface area (Å²) in [6, 6.07) is 2.12. The molecule has 5 nitrogen and oxygen atoms in total. The molecule has 0 aliphatic rings. The van der Waals surface area contributed by atoms with Crippen LogP contribution in [0.2, 0.25) is 0 Å². The molecule has 0 radical (unpaired) electrons. The van der Waals surface area contributed by atoms with Crippen LogP contribution in [-0.4, -0.2) is 27.2 Å². The predicted molar refractivity (Wildman–Crippen MR) is 71.7 cm³/mol. The minimum Gasteiger partial charge on any atom is -0.357 e. The molecule has 2 aromatic heterocycles. The molecule has 0 bridgehead atoms. The molecule has 0 unspecified atom stereocenters. The average Bonchev–Trinajstić information content (AvgIpc) is 2.94. The van der Waals surface area contributed by atoms with Crippen molar-refractivity contribution in [2.75, 3.05) is 12.4 Å². The van der Waals surface area contributed by atoms with E-state index in [9.17, 15) is 13.2 Å². The van der Waals surface area contributed by atoms with Crippen molar-refractivity contribution in [3.05, 3.63) is 36.3 Å². The number of anilines is 1. The molecule has 0 amide bonds. The van der Waals surface area contributed by atoms with Gasteiger partial charge in [0, 0.05) is 30.4 Å². The Morgan fingerprint density at radius 2 is 1.81 bits per heavy atom. The zero-order valence-electron chi connectivity index (χ0n) is 10.9. The fourth-order valence-electron chi connectivity index (χ4n) is 2.05. The molecule has 0 fully saturated rings. The van der Waals surface area contributed by atoms with Crippen molar-refractivity contribution >= 4 is 16.9 Å². The molecule has 0 spiro atoms. The first kappa shape index (κ1) is 13.3. The topological polar surface area (TPSA) is 66.5 Å². The maximum absolute atomic E-state index is 13.0. The summed E-state index contributed by atoms with van der Waals surface area (Å²) in [4.78, 5) is 8.05. The van der Waals surface area contributed by atoms with Gasteiger partial charge in [0.2, 0.25) is 5.95 Å². The molecule has 0 aliphatic carbocycles. The molecule has 3 aromatic rings. The third-order valence-corrected chi connectivity index (χ3v) is 3.07. The van der Waals surface area contributed by atoms with Gasteiger partial charge in [-0.25, -0.2) is 9.97 Å². The van der Waals surface area contributed by atoms with E-state index in [2.05, 4.69) is 25.5 Å². The summed E-state index contributed by atoms with van der Waals surface area (Å²) in [5.41, 5.74) is 0.451. The third kappa shape index (κ3) is 2.39. The zero-order chi connectivity index (χ0) is 15.0. The SMILES string of the molecule is CNc1ncc(-c2cc(C(F)(F)F)cc3[nH]ncc23)cn1. The van der Waals surface area contributed by atoms with Crippen LogP contribution in [0.3, 0.4) is 0 Å². The Balaban J connectivity index is 2.21. The number of nitrogens with zero attached hydrogens (tertiary/aromatic N) is 3. The molecule has 21 heavy (non-hydrogen) atoms. The lowest BCUT2D eigenvalue weighted by molar-refractivity contribution is -0.137. The van der Waals surface area contributed by atoms with Gasteiger partial charge < -0.3 is 5.32 Å². The molecule has 1 aromatic carbocycles. The Hall–Kier alpha value is -2.64. The van der Waals surface area contributed by atoms with Crippen LogP contribution in [-0.2, 0) is 6.18 Å². The van der Waals surface area contributed by atoms with Crippen molar-refractivity contribution in [1.82, 2.24) is 20.2 Å². The predicted octanol–water partition coefficient (Wildman–Crippen LogP) is 3.08. The second kappa shape index (κ2) is 4.72. The molecule has 2 N–H and O–H groups in total. The molecule has 8 heteroatoms. The van der Waals surface area contributed by atoms with Gasteiger partial charge in [-0.05, 0) is 17.7 Å². The molecule has 0 aliphatic heterocycles. The van der Waals surface area contributed by atoms with Crippen molar-refractivity contribution in [2.24, 2.45) is 0 Å². The van der Waals surface area contributed by atoms with Crippen molar-refractivity contribution in [3.63, 3.8) is 0 Å². The van der Waals surface area contributed by atoms with Gasteiger partial charge in [-0.3, -0.25) is 5.10 Å². The highest BCUT2D eigenvalue weighted by atomic mass is 19.4. The van der Waals surface area contributed by atoms with Crippen LogP contribution in [0.5, 0.6) is 0 Å². The molecule has 0 saturated carbocycles. The summed E-state index contributed by atoms with van der Waals surface area (Å²) >= 11 is 0. The number of alkyl halides is 3. The van der Waals surface area contributed by atoms with Crippen LogP contribution in [0.15, 0.2) is 30.7 Å². The van der Waals surface area contributed by atoms with Crippen LogP contribution < -0.4 is 5.32 Å². The average molecular weight is 293 g/mol. The van der Waals surface area contributed by atoms with Gasteiger partial charge in [-0.1, -0.05) is 0 Å². The smallest absolute Gasteiger partial charge is 0.357 e. The van der Waals surface area contributed by atoms with Crippen LogP contribution in [0.4, 0.5) is 19.1 Å². The summed E-state index contributed by atoms with van der Waals surface area (Å²) in [6.45, 7) is 0. The van der Waals surface area contributed by atoms with Gasteiger partial charge in [0.05, 0.1) is 17.3 Å². The fraction of sp³-hybridized carbons (Fsp3) is 0.154. The van der Waals surface area contributed by atoms with E-state index in [1.807, 2.05) is 0 Å². The minimum atomic E-state index is -4.43. The molecule has 2 heterocycles. The monoisotopic (exact) mass is 293 g/mol. The number of benzene rings is 1. The summed E-state index contributed by atoms with van der Waals surface area (Å²) in [5, 5.41) is 9.70. The number of hydrogen-bond donors (Lipinski definition) is 2. The maximum Gasteiger partial charge on any atom is 0.416 e. The van der Waals surface area contributed by atoms with Gasteiger partial charge in [-0.15, -0.1) is 0 Å². The fourth-order valence-corrected chi connectivity index (χ4v) is 2.05. The van der Waals surface area contributed by atoms with Crippen molar-refractivity contribution in [1.29, 1.82) is 0 Å². The molecular formula is C13H10F3N5. The largest absolute Gasteiger partial charge is 0.416 e. The number of rotatable bonds is 2. The second-order valence-corrected chi connectivity index (χ2v) is 4.40. The van der Waals surface area contributed by atoms with Gasteiger partial charge >= 0.3 is 6.18 Å². The first-order chi connectivity index (χ1) is 9.99. The van der Waals surface area contributed by atoms with Crippen molar-refractivity contribution < 1.29 is 13.2 Å². The maximum atomic E-state index is 13.0. The number of fused-ring (bicyclic) bond motifs is 1. The molecule has 108 valence electrons. The van der Waals surface area contributed by atoms with Crippen molar-refractivity contribution in [3.8, 4) is 11.1 Å². The quantitative estimate of drug-likeness (QED) is 0.762. The van der Waals surface area contributed by atoms with Crippen LogP contribution in [0, 0.1) is 0 Å². The van der Waals surface area contributed by atoms with Crippen LogP contribution in [0.25, 0.3) is 22.0 Å². The molecule has 0 atom stereocenters.